The highest BCUT2D eigenvalue weighted by Gasteiger charge is 2.12. The zero-order chi connectivity index (χ0) is 9.84. The second kappa shape index (κ2) is 4.35. The van der Waals surface area contributed by atoms with Gasteiger partial charge in [-0.1, -0.05) is 12.1 Å². The van der Waals surface area contributed by atoms with Crippen LogP contribution in [0.3, 0.4) is 0 Å². The topological polar surface area (TPSA) is 46.2 Å². The molecule has 0 aromatic heterocycles. The van der Waals surface area contributed by atoms with E-state index in [1.165, 1.54) is 6.07 Å². The standard InChI is InChI=1S/C10H14FNO/c1-7-2-3-9(10(11)4-7)8(5-12)6-13/h2-4,8,13H,5-6,12H2,1H3. The molecule has 0 radical (unpaired) electrons. The van der Waals surface area contributed by atoms with Crippen LogP contribution in [0.4, 0.5) is 4.39 Å². The Morgan fingerprint density at radius 2 is 2.23 bits per heavy atom. The summed E-state index contributed by atoms with van der Waals surface area (Å²) in [6.07, 6.45) is 0. The molecular weight excluding hydrogens is 169 g/mol. The van der Waals surface area contributed by atoms with Crippen LogP contribution in [0.1, 0.15) is 17.0 Å². The van der Waals surface area contributed by atoms with E-state index in [0.29, 0.717) is 5.56 Å². The second-order valence-electron chi connectivity index (χ2n) is 3.14. The number of aliphatic hydroxyl groups excluding tert-OH is 1. The van der Waals surface area contributed by atoms with Gasteiger partial charge in [-0.3, -0.25) is 0 Å². The smallest absolute Gasteiger partial charge is 0.127 e. The van der Waals surface area contributed by atoms with Gasteiger partial charge in [-0.05, 0) is 24.1 Å². The van der Waals surface area contributed by atoms with Crippen LogP contribution in [0.5, 0.6) is 0 Å². The number of aryl methyl sites for hydroxylation is 1. The fourth-order valence-electron chi connectivity index (χ4n) is 1.26. The Hall–Kier alpha value is -0.930. The van der Waals surface area contributed by atoms with E-state index in [9.17, 15) is 4.39 Å². The molecule has 1 rings (SSSR count). The number of benzene rings is 1. The summed E-state index contributed by atoms with van der Waals surface area (Å²) in [6, 6.07) is 4.95. The van der Waals surface area contributed by atoms with Crippen LogP contribution in [0.25, 0.3) is 0 Å². The lowest BCUT2D eigenvalue weighted by Gasteiger charge is -2.12. The van der Waals surface area contributed by atoms with E-state index >= 15 is 0 Å². The predicted octanol–water partition coefficient (Wildman–Crippen LogP) is 1.17. The van der Waals surface area contributed by atoms with Gasteiger partial charge in [-0.2, -0.15) is 0 Å². The lowest BCUT2D eigenvalue weighted by Crippen LogP contribution is -2.17. The number of aliphatic hydroxyl groups is 1. The van der Waals surface area contributed by atoms with Gasteiger partial charge in [-0.25, -0.2) is 4.39 Å². The normalized spacial score (nSPS) is 12.9. The summed E-state index contributed by atoms with van der Waals surface area (Å²) in [6.45, 7) is 1.97. The van der Waals surface area contributed by atoms with Gasteiger partial charge in [-0.15, -0.1) is 0 Å². The number of hydrogen-bond donors (Lipinski definition) is 2. The molecule has 2 nitrogen and oxygen atoms in total. The molecule has 0 spiro atoms. The molecule has 1 atom stereocenters. The van der Waals surface area contributed by atoms with E-state index < -0.39 is 0 Å². The van der Waals surface area contributed by atoms with Gasteiger partial charge in [0.1, 0.15) is 5.82 Å². The average molecular weight is 183 g/mol. The molecule has 1 aromatic carbocycles. The summed E-state index contributed by atoms with van der Waals surface area (Å²) in [7, 11) is 0. The van der Waals surface area contributed by atoms with E-state index in [0.717, 1.165) is 5.56 Å². The highest BCUT2D eigenvalue weighted by atomic mass is 19.1. The quantitative estimate of drug-likeness (QED) is 0.738. The van der Waals surface area contributed by atoms with E-state index in [-0.39, 0.29) is 24.9 Å². The minimum absolute atomic E-state index is 0.115. The molecule has 0 heterocycles. The highest BCUT2D eigenvalue weighted by Crippen LogP contribution is 2.18. The first kappa shape index (κ1) is 10.2. The van der Waals surface area contributed by atoms with Crippen LogP contribution in [-0.4, -0.2) is 18.3 Å². The molecule has 0 aliphatic heterocycles. The first-order valence-corrected chi connectivity index (χ1v) is 4.26. The van der Waals surface area contributed by atoms with Crippen molar-refractivity contribution in [1.29, 1.82) is 0 Å². The van der Waals surface area contributed by atoms with Gasteiger partial charge in [0.25, 0.3) is 0 Å². The van der Waals surface area contributed by atoms with Crippen molar-refractivity contribution in [2.24, 2.45) is 5.73 Å². The first-order valence-electron chi connectivity index (χ1n) is 4.26. The van der Waals surface area contributed by atoms with Crippen LogP contribution in [0, 0.1) is 12.7 Å². The lowest BCUT2D eigenvalue weighted by molar-refractivity contribution is 0.265. The predicted molar refractivity (Wildman–Crippen MR) is 50.0 cm³/mol. The first-order chi connectivity index (χ1) is 6.19. The SMILES string of the molecule is Cc1ccc(C(CN)CO)c(F)c1. The van der Waals surface area contributed by atoms with Crippen molar-refractivity contribution in [3.8, 4) is 0 Å². The van der Waals surface area contributed by atoms with Crippen LogP contribution in [0.15, 0.2) is 18.2 Å². The van der Waals surface area contributed by atoms with E-state index in [1.54, 1.807) is 6.07 Å². The van der Waals surface area contributed by atoms with E-state index in [4.69, 9.17) is 10.8 Å². The van der Waals surface area contributed by atoms with Crippen molar-refractivity contribution in [2.75, 3.05) is 13.2 Å². The number of hydrogen-bond acceptors (Lipinski definition) is 2. The van der Waals surface area contributed by atoms with Crippen LogP contribution in [0.2, 0.25) is 0 Å². The minimum Gasteiger partial charge on any atom is -0.396 e. The van der Waals surface area contributed by atoms with Gasteiger partial charge in [0.2, 0.25) is 0 Å². The molecule has 0 aliphatic carbocycles. The summed E-state index contributed by atoms with van der Waals surface area (Å²) in [5, 5.41) is 8.93. The molecule has 0 saturated heterocycles. The third kappa shape index (κ3) is 2.26. The molecule has 1 unspecified atom stereocenters. The number of halogens is 1. The number of nitrogens with two attached hydrogens (primary N) is 1. The Morgan fingerprint density at radius 3 is 2.69 bits per heavy atom. The zero-order valence-electron chi connectivity index (χ0n) is 7.63. The molecule has 0 saturated carbocycles. The van der Waals surface area contributed by atoms with Crippen LogP contribution >= 0.6 is 0 Å². The molecule has 3 heteroatoms. The highest BCUT2D eigenvalue weighted by molar-refractivity contribution is 5.26. The molecule has 0 fully saturated rings. The van der Waals surface area contributed by atoms with Gasteiger partial charge in [0.05, 0.1) is 6.61 Å². The maximum atomic E-state index is 13.3. The van der Waals surface area contributed by atoms with Gasteiger partial charge >= 0.3 is 0 Å². The van der Waals surface area contributed by atoms with Gasteiger partial charge < -0.3 is 10.8 Å². The maximum Gasteiger partial charge on any atom is 0.127 e. The van der Waals surface area contributed by atoms with Crippen molar-refractivity contribution < 1.29 is 9.50 Å². The summed E-state index contributed by atoms with van der Waals surface area (Å²) in [4.78, 5) is 0. The van der Waals surface area contributed by atoms with Crippen molar-refractivity contribution in [3.63, 3.8) is 0 Å². The van der Waals surface area contributed by atoms with Gasteiger partial charge in [0.15, 0.2) is 0 Å². The van der Waals surface area contributed by atoms with Gasteiger partial charge in [0, 0.05) is 12.5 Å². The van der Waals surface area contributed by atoms with E-state index in [1.807, 2.05) is 13.0 Å². The largest absolute Gasteiger partial charge is 0.396 e. The minimum atomic E-state index is -0.291. The molecule has 72 valence electrons. The monoisotopic (exact) mass is 183 g/mol. The fraction of sp³-hybridized carbons (Fsp3) is 0.400. The van der Waals surface area contributed by atoms with Crippen LogP contribution in [-0.2, 0) is 0 Å². The molecule has 0 amide bonds. The molecule has 1 aromatic rings. The van der Waals surface area contributed by atoms with E-state index in [2.05, 4.69) is 0 Å². The Labute approximate surface area is 77.2 Å². The average Bonchev–Trinajstić information content (AvgIpc) is 2.10. The molecule has 13 heavy (non-hydrogen) atoms. The third-order valence-electron chi connectivity index (χ3n) is 2.10. The van der Waals surface area contributed by atoms with Crippen molar-refractivity contribution >= 4 is 0 Å². The zero-order valence-corrected chi connectivity index (χ0v) is 7.63. The fourth-order valence-corrected chi connectivity index (χ4v) is 1.26. The Bertz CT molecular complexity index is 284. The molecule has 0 bridgehead atoms. The third-order valence-corrected chi connectivity index (χ3v) is 2.10. The van der Waals surface area contributed by atoms with Crippen molar-refractivity contribution in [2.45, 2.75) is 12.8 Å². The Morgan fingerprint density at radius 1 is 1.54 bits per heavy atom. The van der Waals surface area contributed by atoms with Crippen molar-refractivity contribution in [1.82, 2.24) is 0 Å². The molecule has 0 aliphatic rings. The lowest BCUT2D eigenvalue weighted by atomic mass is 9.98. The molecule has 3 N–H and O–H groups in total. The second-order valence-corrected chi connectivity index (χ2v) is 3.14. The number of rotatable bonds is 3. The summed E-state index contributed by atoms with van der Waals surface area (Å²) >= 11 is 0. The van der Waals surface area contributed by atoms with Crippen LogP contribution < -0.4 is 5.73 Å². The summed E-state index contributed by atoms with van der Waals surface area (Å²) in [5.74, 6) is -0.579. The summed E-state index contributed by atoms with van der Waals surface area (Å²) < 4.78 is 13.3. The Kier molecular flexibility index (Phi) is 3.39. The van der Waals surface area contributed by atoms with Crippen molar-refractivity contribution in [3.05, 3.63) is 35.1 Å². The summed E-state index contributed by atoms with van der Waals surface area (Å²) in [5.41, 5.74) is 6.76. The molecular formula is C10H14FNO. The maximum absolute atomic E-state index is 13.3. The Balaban J connectivity index is 2.99.